The summed E-state index contributed by atoms with van der Waals surface area (Å²) in [4.78, 5) is 15.9. The normalized spacial score (nSPS) is 10.7. The molecule has 0 aliphatic heterocycles. The smallest absolute Gasteiger partial charge is 0.315 e. The van der Waals surface area contributed by atoms with E-state index in [9.17, 15) is 4.79 Å². The first-order valence-electron chi connectivity index (χ1n) is 7.42. The maximum atomic E-state index is 11.3. The Hall–Kier alpha value is -1.79. The van der Waals surface area contributed by atoms with Crippen LogP contribution in [-0.2, 0) is 26.6 Å². The molecule has 2 rings (SSSR count). The molecule has 0 radical (unpaired) electrons. The Morgan fingerprint density at radius 2 is 2.04 bits per heavy atom. The second-order valence-corrected chi connectivity index (χ2v) is 5.94. The Morgan fingerprint density at radius 1 is 1.30 bits per heavy atom. The monoisotopic (exact) mass is 335 g/mol. The maximum absolute atomic E-state index is 11.3. The van der Waals surface area contributed by atoms with Gasteiger partial charge in [0.25, 0.3) is 0 Å². The lowest BCUT2D eigenvalue weighted by molar-refractivity contribution is -0.139. The molecule has 2 aromatic rings. The van der Waals surface area contributed by atoms with Crippen LogP contribution in [0.5, 0.6) is 0 Å². The Kier molecular flexibility index (Phi) is 6.67. The molecule has 1 aromatic carbocycles. The Balaban J connectivity index is 1.98. The molecular formula is C17H21NO4S. The number of hydrogen-bond acceptors (Lipinski definition) is 6. The van der Waals surface area contributed by atoms with E-state index in [1.807, 2.05) is 31.2 Å². The Labute approximate surface area is 140 Å². The number of benzene rings is 1. The van der Waals surface area contributed by atoms with Crippen molar-refractivity contribution in [2.75, 3.05) is 19.5 Å². The average Bonchev–Trinajstić information content (AvgIpc) is 2.90. The summed E-state index contributed by atoms with van der Waals surface area (Å²) in [6, 6.07) is 7.92. The topological polar surface area (TPSA) is 61.6 Å². The van der Waals surface area contributed by atoms with Crippen LogP contribution in [0.2, 0.25) is 0 Å². The lowest BCUT2D eigenvalue weighted by atomic mass is 10.1. The standard InChI is InChI=1S/C17H21NO4S/c1-4-21-16(19)11-23-10-15-12(2)22-17(18-15)14-7-5-13(6-8-14)9-20-3/h5-8H,4,9-11H2,1-3H3. The molecule has 0 spiro atoms. The highest BCUT2D eigenvalue weighted by Crippen LogP contribution is 2.24. The molecule has 0 unspecified atom stereocenters. The zero-order valence-electron chi connectivity index (χ0n) is 13.6. The fourth-order valence-corrected chi connectivity index (χ4v) is 2.84. The van der Waals surface area contributed by atoms with Crippen molar-refractivity contribution in [3.63, 3.8) is 0 Å². The van der Waals surface area contributed by atoms with Gasteiger partial charge in [0.1, 0.15) is 5.76 Å². The van der Waals surface area contributed by atoms with Crippen LogP contribution in [-0.4, -0.2) is 30.4 Å². The largest absolute Gasteiger partial charge is 0.465 e. The van der Waals surface area contributed by atoms with Gasteiger partial charge in [0.2, 0.25) is 5.89 Å². The Bertz CT molecular complexity index is 637. The van der Waals surface area contributed by atoms with Crippen LogP contribution in [0.3, 0.4) is 0 Å². The Morgan fingerprint density at radius 3 is 2.70 bits per heavy atom. The van der Waals surface area contributed by atoms with Crippen molar-refractivity contribution >= 4 is 17.7 Å². The molecule has 0 bridgehead atoms. The highest BCUT2D eigenvalue weighted by atomic mass is 32.2. The first-order valence-corrected chi connectivity index (χ1v) is 8.57. The number of aryl methyl sites for hydroxylation is 1. The summed E-state index contributed by atoms with van der Waals surface area (Å²) in [5, 5.41) is 0. The van der Waals surface area contributed by atoms with E-state index in [0.29, 0.717) is 30.6 Å². The van der Waals surface area contributed by atoms with E-state index < -0.39 is 0 Å². The lowest BCUT2D eigenvalue weighted by Gasteiger charge is -2.00. The summed E-state index contributed by atoms with van der Waals surface area (Å²) in [6.45, 7) is 4.68. The molecule has 0 fully saturated rings. The third kappa shape index (κ3) is 5.11. The molecule has 0 atom stereocenters. The number of carbonyl (C=O) groups is 1. The summed E-state index contributed by atoms with van der Waals surface area (Å²) >= 11 is 1.47. The minimum absolute atomic E-state index is 0.201. The van der Waals surface area contributed by atoms with Gasteiger partial charge in [0.15, 0.2) is 0 Å². The SMILES string of the molecule is CCOC(=O)CSCc1nc(-c2ccc(COC)cc2)oc1C. The number of methoxy groups -OCH3 is 1. The van der Waals surface area contributed by atoms with Crippen LogP contribution in [0, 0.1) is 6.92 Å². The molecule has 1 aromatic heterocycles. The molecule has 0 saturated carbocycles. The predicted molar refractivity (Wildman–Crippen MR) is 90.2 cm³/mol. The van der Waals surface area contributed by atoms with Crippen LogP contribution < -0.4 is 0 Å². The summed E-state index contributed by atoms with van der Waals surface area (Å²) < 4.78 is 15.7. The molecule has 6 heteroatoms. The second-order valence-electron chi connectivity index (χ2n) is 4.95. The van der Waals surface area contributed by atoms with Crippen LogP contribution in [0.25, 0.3) is 11.5 Å². The van der Waals surface area contributed by atoms with Crippen molar-refractivity contribution in [3.8, 4) is 11.5 Å². The third-order valence-corrected chi connectivity index (χ3v) is 4.09. The van der Waals surface area contributed by atoms with Gasteiger partial charge in [-0.25, -0.2) is 4.98 Å². The first-order chi connectivity index (χ1) is 11.1. The molecule has 0 N–H and O–H groups in total. The van der Waals surface area contributed by atoms with Crippen molar-refractivity contribution < 1.29 is 18.7 Å². The first kappa shape index (κ1) is 17.6. The molecule has 1 heterocycles. The van der Waals surface area contributed by atoms with Gasteiger partial charge in [-0.15, -0.1) is 11.8 Å². The molecule has 0 amide bonds. The van der Waals surface area contributed by atoms with Crippen molar-refractivity contribution in [1.82, 2.24) is 4.98 Å². The molecule has 0 aliphatic carbocycles. The zero-order valence-corrected chi connectivity index (χ0v) is 14.4. The van der Waals surface area contributed by atoms with Gasteiger partial charge in [0.05, 0.1) is 24.7 Å². The van der Waals surface area contributed by atoms with Gasteiger partial charge >= 0.3 is 5.97 Å². The lowest BCUT2D eigenvalue weighted by Crippen LogP contribution is -2.06. The number of hydrogen-bond donors (Lipinski definition) is 0. The van der Waals surface area contributed by atoms with Crippen LogP contribution in [0.1, 0.15) is 23.9 Å². The van der Waals surface area contributed by atoms with E-state index in [0.717, 1.165) is 22.6 Å². The van der Waals surface area contributed by atoms with E-state index in [-0.39, 0.29) is 5.97 Å². The number of rotatable bonds is 8. The van der Waals surface area contributed by atoms with Crippen molar-refractivity contribution in [1.29, 1.82) is 0 Å². The number of carbonyl (C=O) groups excluding carboxylic acids is 1. The van der Waals surface area contributed by atoms with Crippen molar-refractivity contribution in [3.05, 3.63) is 41.3 Å². The second kappa shape index (κ2) is 8.74. The van der Waals surface area contributed by atoms with Crippen molar-refractivity contribution in [2.45, 2.75) is 26.2 Å². The average molecular weight is 335 g/mol. The molecule has 5 nitrogen and oxygen atoms in total. The number of nitrogens with zero attached hydrogens (tertiary/aromatic N) is 1. The molecule has 124 valence electrons. The molecule has 0 saturated heterocycles. The molecule has 23 heavy (non-hydrogen) atoms. The van der Waals surface area contributed by atoms with Gasteiger partial charge in [-0.2, -0.15) is 0 Å². The molecular weight excluding hydrogens is 314 g/mol. The number of thioether (sulfide) groups is 1. The zero-order chi connectivity index (χ0) is 16.7. The van der Waals surface area contributed by atoms with Gasteiger partial charge in [0, 0.05) is 18.4 Å². The number of aromatic nitrogens is 1. The third-order valence-electron chi connectivity index (χ3n) is 3.17. The van der Waals surface area contributed by atoms with Crippen LogP contribution in [0.15, 0.2) is 28.7 Å². The highest BCUT2D eigenvalue weighted by molar-refractivity contribution is 7.99. The fourth-order valence-electron chi connectivity index (χ4n) is 2.03. The summed E-state index contributed by atoms with van der Waals surface area (Å²) in [5.74, 6) is 2.11. The van der Waals surface area contributed by atoms with Gasteiger partial charge in [-0.05, 0) is 31.5 Å². The minimum atomic E-state index is -0.201. The summed E-state index contributed by atoms with van der Waals surface area (Å²) in [5.41, 5.74) is 2.88. The molecule has 0 aliphatic rings. The van der Waals surface area contributed by atoms with E-state index in [1.54, 1.807) is 14.0 Å². The maximum Gasteiger partial charge on any atom is 0.315 e. The highest BCUT2D eigenvalue weighted by Gasteiger charge is 2.12. The number of esters is 1. The van der Waals surface area contributed by atoms with E-state index in [1.165, 1.54) is 11.8 Å². The van der Waals surface area contributed by atoms with Gasteiger partial charge in [-0.1, -0.05) is 12.1 Å². The quantitative estimate of drug-likeness (QED) is 0.687. The van der Waals surface area contributed by atoms with Crippen LogP contribution in [0.4, 0.5) is 0 Å². The number of ether oxygens (including phenoxy) is 2. The fraction of sp³-hybridized carbons (Fsp3) is 0.412. The summed E-state index contributed by atoms with van der Waals surface area (Å²) in [7, 11) is 1.67. The van der Waals surface area contributed by atoms with E-state index in [2.05, 4.69) is 4.98 Å². The number of oxazole rings is 1. The van der Waals surface area contributed by atoms with E-state index >= 15 is 0 Å². The minimum Gasteiger partial charge on any atom is -0.465 e. The predicted octanol–water partition coefficient (Wildman–Crippen LogP) is 3.59. The van der Waals surface area contributed by atoms with Crippen LogP contribution >= 0.6 is 11.8 Å². The van der Waals surface area contributed by atoms with Gasteiger partial charge in [-0.3, -0.25) is 4.79 Å². The summed E-state index contributed by atoms with van der Waals surface area (Å²) in [6.07, 6.45) is 0. The van der Waals surface area contributed by atoms with Gasteiger partial charge < -0.3 is 13.9 Å². The van der Waals surface area contributed by atoms with Crippen molar-refractivity contribution in [2.24, 2.45) is 0 Å². The van der Waals surface area contributed by atoms with E-state index in [4.69, 9.17) is 13.9 Å².